The Morgan fingerprint density at radius 3 is 2.29 bits per heavy atom. The average Bonchev–Trinajstić information content (AvgIpc) is 2.49. The molecule has 0 unspecified atom stereocenters. The summed E-state index contributed by atoms with van der Waals surface area (Å²) in [6, 6.07) is -0.0794. The zero-order chi connectivity index (χ0) is 15.4. The number of rotatable bonds is 2. The molecule has 0 aromatic rings. The molecule has 6 nitrogen and oxygen atoms in total. The highest BCUT2D eigenvalue weighted by atomic mass is 16.3. The van der Waals surface area contributed by atoms with Gasteiger partial charge < -0.3 is 20.2 Å². The normalized spacial score (nSPS) is 27.3. The Morgan fingerprint density at radius 2 is 1.71 bits per heavy atom. The molecule has 1 heterocycles. The van der Waals surface area contributed by atoms with Crippen LogP contribution in [0.1, 0.15) is 38.5 Å². The van der Waals surface area contributed by atoms with E-state index < -0.39 is 6.10 Å². The molecular weight excluding hydrogens is 270 g/mol. The molecule has 120 valence electrons. The zero-order valence-corrected chi connectivity index (χ0v) is 13.0. The van der Waals surface area contributed by atoms with Crippen LogP contribution in [0.4, 0.5) is 4.79 Å². The number of aliphatic hydroxyl groups excluding tert-OH is 1. The lowest BCUT2D eigenvalue weighted by Crippen LogP contribution is -2.50. The zero-order valence-electron chi connectivity index (χ0n) is 13.0. The minimum absolute atomic E-state index is 0.0107. The number of urea groups is 1. The van der Waals surface area contributed by atoms with Gasteiger partial charge in [0, 0.05) is 33.1 Å². The van der Waals surface area contributed by atoms with Crippen molar-refractivity contribution in [3.8, 4) is 0 Å². The van der Waals surface area contributed by atoms with Crippen molar-refractivity contribution in [2.75, 3.05) is 27.2 Å². The summed E-state index contributed by atoms with van der Waals surface area (Å²) in [6.07, 6.45) is 4.75. The van der Waals surface area contributed by atoms with Crippen molar-refractivity contribution < 1.29 is 14.7 Å². The van der Waals surface area contributed by atoms with Crippen LogP contribution in [-0.4, -0.2) is 66.2 Å². The van der Waals surface area contributed by atoms with Crippen LogP contribution in [0.2, 0.25) is 0 Å². The Bertz CT molecular complexity index is 378. The van der Waals surface area contributed by atoms with Crippen LogP contribution < -0.4 is 5.32 Å². The van der Waals surface area contributed by atoms with E-state index in [9.17, 15) is 14.7 Å². The molecule has 6 heteroatoms. The van der Waals surface area contributed by atoms with Crippen LogP contribution in [0.15, 0.2) is 0 Å². The van der Waals surface area contributed by atoms with Crippen molar-refractivity contribution in [2.45, 2.75) is 50.7 Å². The molecule has 21 heavy (non-hydrogen) atoms. The molecule has 3 amide bonds. The van der Waals surface area contributed by atoms with Gasteiger partial charge in [0.25, 0.3) is 0 Å². The second-order valence-corrected chi connectivity index (χ2v) is 6.41. The summed E-state index contributed by atoms with van der Waals surface area (Å²) in [5, 5.41) is 12.9. The molecule has 0 radical (unpaired) electrons. The number of amides is 3. The Hall–Kier alpha value is -1.30. The molecular formula is C15H27N3O3. The molecule has 2 aliphatic rings. The van der Waals surface area contributed by atoms with Crippen molar-refractivity contribution in [3.63, 3.8) is 0 Å². The minimum atomic E-state index is -0.405. The first kappa shape index (κ1) is 16.1. The van der Waals surface area contributed by atoms with Gasteiger partial charge in [-0.3, -0.25) is 4.79 Å². The standard InChI is InChI=1S/C15H27N3O3/c1-17(2)15(21)18-9-7-11(8-10-18)14(20)16-12-5-3-4-6-13(12)19/h11-13,19H,3-10H2,1-2H3,(H,16,20)/t12-,13-/m1/s1. The lowest BCUT2D eigenvalue weighted by Gasteiger charge is -2.35. The van der Waals surface area contributed by atoms with Gasteiger partial charge in [0.1, 0.15) is 0 Å². The van der Waals surface area contributed by atoms with Gasteiger partial charge in [0.05, 0.1) is 12.1 Å². The molecule has 2 atom stereocenters. The number of carbonyl (C=O) groups is 2. The van der Waals surface area contributed by atoms with Gasteiger partial charge in [-0.15, -0.1) is 0 Å². The third-order valence-electron chi connectivity index (χ3n) is 4.58. The monoisotopic (exact) mass is 297 g/mol. The van der Waals surface area contributed by atoms with Crippen molar-refractivity contribution in [1.29, 1.82) is 0 Å². The van der Waals surface area contributed by atoms with E-state index >= 15 is 0 Å². The van der Waals surface area contributed by atoms with Gasteiger partial charge >= 0.3 is 6.03 Å². The van der Waals surface area contributed by atoms with E-state index in [1.54, 1.807) is 23.9 Å². The Balaban J connectivity index is 1.79. The van der Waals surface area contributed by atoms with E-state index in [-0.39, 0.29) is 23.9 Å². The summed E-state index contributed by atoms with van der Waals surface area (Å²) in [7, 11) is 3.48. The predicted molar refractivity (Wildman–Crippen MR) is 79.8 cm³/mol. The highest BCUT2D eigenvalue weighted by Gasteiger charge is 2.31. The van der Waals surface area contributed by atoms with Crippen molar-refractivity contribution in [3.05, 3.63) is 0 Å². The van der Waals surface area contributed by atoms with Crippen molar-refractivity contribution in [2.24, 2.45) is 5.92 Å². The number of carbonyl (C=O) groups excluding carboxylic acids is 2. The molecule has 0 aromatic carbocycles. The van der Waals surface area contributed by atoms with Crippen LogP contribution in [-0.2, 0) is 4.79 Å². The van der Waals surface area contributed by atoms with Crippen LogP contribution in [0.5, 0.6) is 0 Å². The Morgan fingerprint density at radius 1 is 1.10 bits per heavy atom. The van der Waals surface area contributed by atoms with Crippen LogP contribution in [0.3, 0.4) is 0 Å². The fourth-order valence-electron chi connectivity index (χ4n) is 3.20. The third kappa shape index (κ3) is 4.09. The molecule has 2 rings (SSSR count). The first-order chi connectivity index (χ1) is 9.99. The number of nitrogens with zero attached hydrogens (tertiary/aromatic N) is 2. The Labute approximate surface area is 126 Å². The van der Waals surface area contributed by atoms with E-state index in [2.05, 4.69) is 5.32 Å². The average molecular weight is 297 g/mol. The molecule has 2 N–H and O–H groups in total. The molecule has 1 saturated carbocycles. The number of nitrogens with one attached hydrogen (secondary N) is 1. The number of aliphatic hydroxyl groups is 1. The summed E-state index contributed by atoms with van der Waals surface area (Å²) >= 11 is 0. The first-order valence-electron chi connectivity index (χ1n) is 7.93. The van der Waals surface area contributed by atoms with Crippen molar-refractivity contribution >= 4 is 11.9 Å². The number of hydrogen-bond acceptors (Lipinski definition) is 3. The molecule has 1 aliphatic carbocycles. The minimum Gasteiger partial charge on any atom is -0.391 e. The predicted octanol–water partition coefficient (Wildman–Crippen LogP) is 0.800. The highest BCUT2D eigenvalue weighted by molar-refractivity contribution is 5.80. The van der Waals surface area contributed by atoms with Gasteiger partial charge in [-0.2, -0.15) is 0 Å². The smallest absolute Gasteiger partial charge is 0.319 e. The van der Waals surface area contributed by atoms with Crippen LogP contribution in [0, 0.1) is 5.92 Å². The summed E-state index contributed by atoms with van der Waals surface area (Å²) in [6.45, 7) is 1.25. The van der Waals surface area contributed by atoms with E-state index in [0.29, 0.717) is 25.9 Å². The Kier molecular flexibility index (Phi) is 5.45. The van der Waals surface area contributed by atoms with Gasteiger partial charge in [-0.25, -0.2) is 4.79 Å². The maximum absolute atomic E-state index is 12.3. The fourth-order valence-corrected chi connectivity index (χ4v) is 3.20. The van der Waals surface area contributed by atoms with Gasteiger partial charge in [-0.1, -0.05) is 12.8 Å². The maximum atomic E-state index is 12.3. The second kappa shape index (κ2) is 7.11. The van der Waals surface area contributed by atoms with Crippen LogP contribution >= 0.6 is 0 Å². The van der Waals surface area contributed by atoms with E-state index in [1.807, 2.05) is 0 Å². The highest BCUT2D eigenvalue weighted by Crippen LogP contribution is 2.22. The third-order valence-corrected chi connectivity index (χ3v) is 4.58. The lowest BCUT2D eigenvalue weighted by atomic mass is 9.90. The molecule has 0 aromatic heterocycles. The number of piperidine rings is 1. The van der Waals surface area contributed by atoms with E-state index in [1.165, 1.54) is 0 Å². The first-order valence-corrected chi connectivity index (χ1v) is 7.93. The summed E-state index contributed by atoms with van der Waals surface area (Å²) in [4.78, 5) is 27.5. The van der Waals surface area contributed by atoms with Gasteiger partial charge in [0.15, 0.2) is 0 Å². The van der Waals surface area contributed by atoms with Crippen molar-refractivity contribution in [1.82, 2.24) is 15.1 Å². The summed E-state index contributed by atoms with van der Waals surface area (Å²) < 4.78 is 0. The van der Waals surface area contributed by atoms with Crippen LogP contribution in [0.25, 0.3) is 0 Å². The largest absolute Gasteiger partial charge is 0.391 e. The van der Waals surface area contributed by atoms with Gasteiger partial charge in [-0.05, 0) is 25.7 Å². The maximum Gasteiger partial charge on any atom is 0.319 e. The fraction of sp³-hybridized carbons (Fsp3) is 0.867. The SMILES string of the molecule is CN(C)C(=O)N1CCC(C(=O)N[C@@H]2CCCC[C@H]2O)CC1. The molecule has 2 fully saturated rings. The molecule has 0 bridgehead atoms. The van der Waals surface area contributed by atoms with Gasteiger partial charge in [0.2, 0.25) is 5.91 Å². The molecule has 1 aliphatic heterocycles. The summed E-state index contributed by atoms with van der Waals surface area (Å²) in [5.74, 6) is 0.00300. The van der Waals surface area contributed by atoms with E-state index in [4.69, 9.17) is 0 Å². The summed E-state index contributed by atoms with van der Waals surface area (Å²) in [5.41, 5.74) is 0. The molecule has 1 saturated heterocycles. The quantitative estimate of drug-likeness (QED) is 0.792. The lowest BCUT2D eigenvalue weighted by molar-refractivity contribution is -0.128. The second-order valence-electron chi connectivity index (χ2n) is 6.41. The topological polar surface area (TPSA) is 72.9 Å². The van der Waals surface area contributed by atoms with E-state index in [0.717, 1.165) is 25.7 Å². The number of likely N-dealkylation sites (tertiary alicyclic amines) is 1. The molecule has 0 spiro atoms. The number of hydrogen-bond donors (Lipinski definition) is 2.